The molecule has 1 unspecified atom stereocenters. The van der Waals surface area contributed by atoms with Crippen molar-refractivity contribution in [1.82, 2.24) is 0 Å². The Morgan fingerprint density at radius 3 is 2.62 bits per heavy atom. The maximum Gasteiger partial charge on any atom is 0.304 e. The van der Waals surface area contributed by atoms with Crippen LogP contribution in [-0.4, -0.2) is 17.5 Å². The van der Waals surface area contributed by atoms with Crippen LogP contribution in [0.3, 0.4) is 0 Å². The Morgan fingerprint density at radius 2 is 2.12 bits per heavy atom. The molecule has 0 aliphatic carbocycles. The van der Waals surface area contributed by atoms with Crippen molar-refractivity contribution < 1.29 is 18.7 Å². The van der Waals surface area contributed by atoms with Crippen LogP contribution in [-0.2, 0) is 4.79 Å². The van der Waals surface area contributed by atoms with Gasteiger partial charge in [0.15, 0.2) is 0 Å². The number of alkyl halides is 2. The Labute approximate surface area is 96.8 Å². The molecule has 0 heterocycles. The number of benzene rings is 1. The first kappa shape index (κ1) is 12.9. The van der Waals surface area contributed by atoms with Gasteiger partial charge in [-0.25, -0.2) is 8.78 Å². The van der Waals surface area contributed by atoms with Crippen molar-refractivity contribution in [2.45, 2.75) is 25.7 Å². The topological polar surface area (TPSA) is 37.3 Å². The molecule has 1 N–H and O–H groups in total. The average molecular weight is 249 g/mol. The van der Waals surface area contributed by atoms with Gasteiger partial charge < -0.3 is 5.11 Å². The molecular weight excluding hydrogens is 238 g/mol. The van der Waals surface area contributed by atoms with Crippen molar-refractivity contribution in [2.24, 2.45) is 0 Å². The third-order valence-electron chi connectivity index (χ3n) is 2.32. The summed E-state index contributed by atoms with van der Waals surface area (Å²) in [7, 11) is 0. The number of aliphatic carboxylic acids is 1. The highest BCUT2D eigenvalue weighted by molar-refractivity contribution is 6.32. The van der Waals surface area contributed by atoms with Crippen LogP contribution < -0.4 is 0 Å². The summed E-state index contributed by atoms with van der Waals surface area (Å²) in [6.07, 6.45) is -3.36. The molecule has 0 bridgehead atoms. The molecule has 0 saturated heterocycles. The number of carbonyl (C=O) groups is 1. The molecule has 0 aliphatic rings. The molecule has 16 heavy (non-hydrogen) atoms. The molecule has 1 atom stereocenters. The highest BCUT2D eigenvalue weighted by Crippen LogP contribution is 2.33. The van der Waals surface area contributed by atoms with Gasteiger partial charge in [0.1, 0.15) is 0 Å². The van der Waals surface area contributed by atoms with E-state index in [1.807, 2.05) is 0 Å². The van der Waals surface area contributed by atoms with E-state index in [9.17, 15) is 13.6 Å². The van der Waals surface area contributed by atoms with Crippen molar-refractivity contribution in [3.63, 3.8) is 0 Å². The van der Waals surface area contributed by atoms with Crippen molar-refractivity contribution in [3.8, 4) is 0 Å². The SMILES string of the molecule is Cc1cccc(C(CC(=O)O)C(F)F)c1Cl. The molecule has 0 saturated carbocycles. The van der Waals surface area contributed by atoms with Crippen molar-refractivity contribution in [2.75, 3.05) is 0 Å². The first-order valence-electron chi connectivity index (χ1n) is 4.68. The van der Waals surface area contributed by atoms with Crippen LogP contribution in [0.5, 0.6) is 0 Å². The molecule has 1 aromatic rings. The highest BCUT2D eigenvalue weighted by atomic mass is 35.5. The molecule has 5 heteroatoms. The molecule has 0 aromatic heterocycles. The monoisotopic (exact) mass is 248 g/mol. The van der Waals surface area contributed by atoms with Crippen LogP contribution in [0.15, 0.2) is 18.2 Å². The molecule has 0 aliphatic heterocycles. The smallest absolute Gasteiger partial charge is 0.304 e. The lowest BCUT2D eigenvalue weighted by Crippen LogP contribution is -2.14. The molecular formula is C11H11ClF2O2. The number of aryl methyl sites for hydroxylation is 1. The lowest BCUT2D eigenvalue weighted by molar-refractivity contribution is -0.138. The molecule has 0 fully saturated rings. The van der Waals surface area contributed by atoms with Gasteiger partial charge in [0, 0.05) is 5.02 Å². The lowest BCUT2D eigenvalue weighted by atomic mass is 9.95. The molecule has 1 aromatic carbocycles. The molecule has 88 valence electrons. The second kappa shape index (κ2) is 5.25. The predicted molar refractivity (Wildman–Crippen MR) is 57.2 cm³/mol. The van der Waals surface area contributed by atoms with E-state index in [0.717, 1.165) is 0 Å². The van der Waals surface area contributed by atoms with E-state index in [0.29, 0.717) is 5.56 Å². The maximum atomic E-state index is 12.7. The van der Waals surface area contributed by atoms with Crippen LogP contribution in [0.1, 0.15) is 23.5 Å². The maximum absolute atomic E-state index is 12.7. The molecule has 0 spiro atoms. The number of carboxylic acids is 1. The Kier molecular flexibility index (Phi) is 4.24. The fourth-order valence-corrected chi connectivity index (χ4v) is 1.75. The fourth-order valence-electron chi connectivity index (χ4n) is 1.48. The summed E-state index contributed by atoms with van der Waals surface area (Å²) in [5.74, 6) is -2.62. The summed E-state index contributed by atoms with van der Waals surface area (Å²) in [5, 5.41) is 8.79. The van der Waals surface area contributed by atoms with E-state index in [1.54, 1.807) is 19.1 Å². The number of carboxylic acid groups (broad SMARTS) is 1. The van der Waals surface area contributed by atoms with E-state index in [4.69, 9.17) is 16.7 Å². The fraction of sp³-hybridized carbons (Fsp3) is 0.364. The predicted octanol–water partition coefficient (Wildman–Crippen LogP) is 3.47. The van der Waals surface area contributed by atoms with Gasteiger partial charge in [-0.15, -0.1) is 0 Å². The van der Waals surface area contributed by atoms with Gasteiger partial charge in [-0.1, -0.05) is 29.8 Å². The van der Waals surface area contributed by atoms with E-state index < -0.39 is 24.7 Å². The Balaban J connectivity index is 3.10. The Morgan fingerprint density at radius 1 is 1.50 bits per heavy atom. The van der Waals surface area contributed by atoms with Gasteiger partial charge in [-0.3, -0.25) is 4.79 Å². The third-order valence-corrected chi connectivity index (χ3v) is 2.84. The zero-order valence-corrected chi connectivity index (χ0v) is 9.34. The summed E-state index contributed by atoms with van der Waals surface area (Å²) >= 11 is 5.89. The van der Waals surface area contributed by atoms with Crippen molar-refractivity contribution >= 4 is 17.6 Å². The Bertz CT molecular complexity index is 394. The Hall–Kier alpha value is -1.16. The van der Waals surface area contributed by atoms with Crippen LogP contribution in [0.2, 0.25) is 5.02 Å². The van der Waals surface area contributed by atoms with Gasteiger partial charge >= 0.3 is 5.97 Å². The van der Waals surface area contributed by atoms with E-state index in [-0.39, 0.29) is 10.6 Å². The van der Waals surface area contributed by atoms with Gasteiger partial charge in [-0.05, 0) is 18.1 Å². The summed E-state index contributed by atoms with van der Waals surface area (Å²) in [6, 6.07) is 4.72. The van der Waals surface area contributed by atoms with Crippen molar-refractivity contribution in [3.05, 3.63) is 34.3 Å². The van der Waals surface area contributed by atoms with Gasteiger partial charge in [-0.2, -0.15) is 0 Å². The minimum absolute atomic E-state index is 0.194. The second-order valence-corrected chi connectivity index (χ2v) is 3.89. The summed E-state index contributed by atoms with van der Waals surface area (Å²) in [6.45, 7) is 1.69. The van der Waals surface area contributed by atoms with Gasteiger partial charge in [0.2, 0.25) is 6.43 Å². The van der Waals surface area contributed by atoms with Crippen LogP contribution in [0.4, 0.5) is 8.78 Å². The van der Waals surface area contributed by atoms with E-state index >= 15 is 0 Å². The van der Waals surface area contributed by atoms with E-state index in [2.05, 4.69) is 0 Å². The van der Waals surface area contributed by atoms with Gasteiger partial charge in [0.05, 0.1) is 12.3 Å². The zero-order chi connectivity index (χ0) is 12.3. The molecule has 1 rings (SSSR count). The standard InChI is InChI=1S/C11H11ClF2O2/c1-6-3-2-4-7(10(6)12)8(11(13)14)5-9(15)16/h2-4,8,11H,5H2,1H3,(H,15,16). The summed E-state index contributed by atoms with van der Waals surface area (Å²) in [4.78, 5) is 10.5. The molecule has 0 amide bonds. The summed E-state index contributed by atoms with van der Waals surface area (Å²) < 4.78 is 25.5. The highest BCUT2D eigenvalue weighted by Gasteiger charge is 2.27. The number of rotatable bonds is 4. The van der Waals surface area contributed by atoms with Crippen LogP contribution >= 0.6 is 11.6 Å². The van der Waals surface area contributed by atoms with Crippen LogP contribution in [0, 0.1) is 6.92 Å². The zero-order valence-electron chi connectivity index (χ0n) is 8.58. The largest absolute Gasteiger partial charge is 0.481 e. The van der Waals surface area contributed by atoms with Crippen molar-refractivity contribution in [1.29, 1.82) is 0 Å². The lowest BCUT2D eigenvalue weighted by Gasteiger charge is -2.16. The first-order valence-corrected chi connectivity index (χ1v) is 5.06. The molecule has 0 radical (unpaired) electrons. The van der Waals surface area contributed by atoms with E-state index in [1.165, 1.54) is 6.07 Å². The number of hydrogen-bond donors (Lipinski definition) is 1. The second-order valence-electron chi connectivity index (χ2n) is 3.52. The molecule has 2 nitrogen and oxygen atoms in total. The number of halogens is 3. The number of hydrogen-bond acceptors (Lipinski definition) is 1. The van der Waals surface area contributed by atoms with Gasteiger partial charge in [0.25, 0.3) is 0 Å². The van der Waals surface area contributed by atoms with Crippen LogP contribution in [0.25, 0.3) is 0 Å². The first-order chi connectivity index (χ1) is 7.43. The normalized spacial score (nSPS) is 12.8. The minimum Gasteiger partial charge on any atom is -0.481 e. The average Bonchev–Trinajstić information content (AvgIpc) is 2.18. The summed E-state index contributed by atoms with van der Waals surface area (Å²) in [5.41, 5.74) is 0.856. The quantitative estimate of drug-likeness (QED) is 0.886. The minimum atomic E-state index is -2.74. The third kappa shape index (κ3) is 2.92.